The van der Waals surface area contributed by atoms with Gasteiger partial charge in [-0.25, -0.2) is 0 Å². The number of unbranched alkanes of at least 4 members (excludes halogenated alkanes) is 40. The van der Waals surface area contributed by atoms with Gasteiger partial charge in [0.2, 0.25) is 0 Å². The molecule has 0 radical (unpaired) electrons. The number of hydrogen-bond acceptors (Lipinski definition) is 6. The Morgan fingerprint density at radius 1 is 0.266 bits per heavy atom. The quantitative estimate of drug-likeness (QED) is 0.0261. The van der Waals surface area contributed by atoms with Gasteiger partial charge < -0.3 is 14.2 Å². The van der Waals surface area contributed by atoms with Gasteiger partial charge in [0.25, 0.3) is 0 Å². The van der Waals surface area contributed by atoms with Gasteiger partial charge in [-0.15, -0.1) is 0 Å². The number of carbonyl (C=O) groups excluding carboxylic acids is 3. The molecule has 6 nitrogen and oxygen atoms in total. The van der Waals surface area contributed by atoms with E-state index in [0.29, 0.717) is 19.3 Å². The summed E-state index contributed by atoms with van der Waals surface area (Å²) in [7, 11) is 0. The molecule has 79 heavy (non-hydrogen) atoms. The molecular weight excluding hydrogens is 973 g/mol. The van der Waals surface area contributed by atoms with Gasteiger partial charge >= 0.3 is 17.9 Å². The van der Waals surface area contributed by atoms with Gasteiger partial charge in [0, 0.05) is 19.3 Å². The van der Waals surface area contributed by atoms with Crippen molar-refractivity contribution in [1.82, 2.24) is 0 Å². The maximum absolute atomic E-state index is 12.9. The van der Waals surface area contributed by atoms with E-state index < -0.39 is 6.10 Å². The summed E-state index contributed by atoms with van der Waals surface area (Å²) in [6.45, 7) is 6.45. The third-order valence-corrected chi connectivity index (χ3v) is 15.2. The van der Waals surface area contributed by atoms with Crippen LogP contribution in [-0.4, -0.2) is 37.2 Å². The highest BCUT2D eigenvalue weighted by Gasteiger charge is 2.19. The van der Waals surface area contributed by atoms with Crippen LogP contribution in [0.3, 0.4) is 0 Å². The zero-order valence-electron chi connectivity index (χ0n) is 52.6. The second kappa shape index (κ2) is 67.4. The lowest BCUT2D eigenvalue weighted by Crippen LogP contribution is -2.30. The fourth-order valence-corrected chi connectivity index (χ4v) is 10.1. The molecule has 0 aliphatic heterocycles. The number of hydrogen-bond donors (Lipinski definition) is 0. The van der Waals surface area contributed by atoms with Gasteiger partial charge in [-0.1, -0.05) is 325 Å². The zero-order chi connectivity index (χ0) is 57.1. The minimum absolute atomic E-state index is 0.0824. The average Bonchev–Trinajstić information content (AvgIpc) is 3.45. The summed E-state index contributed by atoms with van der Waals surface area (Å²) in [4.78, 5) is 38.4. The first-order chi connectivity index (χ1) is 39.0. The van der Waals surface area contributed by atoms with Crippen LogP contribution in [0.5, 0.6) is 0 Å². The Morgan fingerprint density at radius 2 is 0.494 bits per heavy atom. The van der Waals surface area contributed by atoms with Crippen molar-refractivity contribution in [3.8, 4) is 0 Å². The Labute approximate surface area is 491 Å². The van der Waals surface area contributed by atoms with Crippen LogP contribution in [0.4, 0.5) is 0 Å². The lowest BCUT2D eigenvalue weighted by Gasteiger charge is -2.18. The molecule has 0 amide bonds. The fraction of sp³-hybridized carbons (Fsp3) is 0.795. The molecule has 0 aromatic heterocycles. The van der Waals surface area contributed by atoms with Gasteiger partial charge in [-0.2, -0.15) is 0 Å². The van der Waals surface area contributed by atoms with Gasteiger partial charge in [0.1, 0.15) is 13.2 Å². The van der Waals surface area contributed by atoms with Gasteiger partial charge in [0.05, 0.1) is 0 Å². The molecule has 0 aliphatic rings. The number of esters is 3. The van der Waals surface area contributed by atoms with Crippen molar-refractivity contribution in [3.05, 3.63) is 72.9 Å². The van der Waals surface area contributed by atoms with E-state index in [1.165, 1.54) is 193 Å². The Hall–Kier alpha value is -3.15. The average molecular weight is 1100 g/mol. The van der Waals surface area contributed by atoms with Crippen LogP contribution in [0.1, 0.15) is 355 Å². The lowest BCUT2D eigenvalue weighted by molar-refractivity contribution is -0.167. The second-order valence-electron chi connectivity index (χ2n) is 23.0. The van der Waals surface area contributed by atoms with Gasteiger partial charge in [-0.05, 0) is 83.5 Å². The highest BCUT2D eigenvalue weighted by molar-refractivity contribution is 5.71. The summed E-state index contributed by atoms with van der Waals surface area (Å²) < 4.78 is 16.9. The van der Waals surface area contributed by atoms with Crippen LogP contribution in [-0.2, 0) is 28.6 Å². The first-order valence-electron chi connectivity index (χ1n) is 34.4. The predicted molar refractivity (Wildman–Crippen MR) is 344 cm³/mol. The maximum Gasteiger partial charge on any atom is 0.306 e. The van der Waals surface area contributed by atoms with Crippen LogP contribution >= 0.6 is 0 Å². The smallest absolute Gasteiger partial charge is 0.306 e. The minimum Gasteiger partial charge on any atom is -0.462 e. The van der Waals surface area contributed by atoms with Crippen molar-refractivity contribution in [3.63, 3.8) is 0 Å². The fourth-order valence-electron chi connectivity index (χ4n) is 10.1. The number of carbonyl (C=O) groups is 3. The molecule has 0 N–H and O–H groups in total. The van der Waals surface area contributed by atoms with Crippen molar-refractivity contribution in [2.45, 2.75) is 361 Å². The summed E-state index contributed by atoms with van der Waals surface area (Å²) in [5, 5.41) is 0. The maximum atomic E-state index is 12.9. The van der Waals surface area contributed by atoms with E-state index in [4.69, 9.17) is 14.2 Å². The summed E-state index contributed by atoms with van der Waals surface area (Å²) in [6, 6.07) is 0. The van der Waals surface area contributed by atoms with E-state index in [1.807, 2.05) is 0 Å². The SMILES string of the molecule is CC/C=C\C/C=C\C/C=C\CCCCCCCCCC(=O)OC(COC(=O)CCCCCCC/C=C\C/C=C\C/C=C\CC)COC(=O)CCCCCCCCCCCCCCCCCCCCCCCCCCCCCCC. The molecule has 0 fully saturated rings. The van der Waals surface area contributed by atoms with Crippen LogP contribution in [0.25, 0.3) is 0 Å². The molecule has 0 saturated heterocycles. The van der Waals surface area contributed by atoms with E-state index in [2.05, 4.69) is 93.7 Å². The Bertz CT molecular complexity index is 1450. The Balaban J connectivity index is 4.22. The van der Waals surface area contributed by atoms with E-state index in [0.717, 1.165) is 122 Å². The van der Waals surface area contributed by atoms with Gasteiger partial charge in [-0.3, -0.25) is 14.4 Å². The largest absolute Gasteiger partial charge is 0.462 e. The molecule has 0 aromatic carbocycles. The first kappa shape index (κ1) is 75.8. The normalized spacial score (nSPS) is 12.5. The summed E-state index contributed by atoms with van der Waals surface area (Å²) in [6.07, 6.45) is 88.0. The first-order valence-corrected chi connectivity index (χ1v) is 34.4. The Morgan fingerprint density at radius 3 is 0.772 bits per heavy atom. The third kappa shape index (κ3) is 65.5. The second-order valence-corrected chi connectivity index (χ2v) is 23.0. The minimum atomic E-state index is -0.789. The van der Waals surface area contributed by atoms with E-state index in [-0.39, 0.29) is 31.1 Å². The summed E-state index contributed by atoms with van der Waals surface area (Å²) in [5.41, 5.74) is 0. The third-order valence-electron chi connectivity index (χ3n) is 15.2. The summed E-state index contributed by atoms with van der Waals surface area (Å²) >= 11 is 0. The van der Waals surface area contributed by atoms with Gasteiger partial charge in [0.15, 0.2) is 6.10 Å². The molecular formula is C73H130O6. The molecule has 0 bridgehead atoms. The molecule has 1 unspecified atom stereocenters. The molecule has 0 saturated carbocycles. The number of ether oxygens (including phenoxy) is 3. The molecule has 458 valence electrons. The number of allylic oxidation sites excluding steroid dienone is 12. The molecule has 0 aromatic rings. The zero-order valence-corrected chi connectivity index (χ0v) is 52.6. The standard InChI is InChI=1S/C73H130O6/c1-4-7-10-13-16-19-22-25-28-30-31-32-33-34-35-36-37-38-39-40-41-43-45-48-51-54-57-60-63-66-72(75)78-69-70(68-77-71(74)65-62-59-56-53-50-47-44-27-24-21-18-15-12-9-6-3)79-73(76)67-64-61-58-55-52-49-46-42-29-26-23-20-17-14-11-8-5-2/h8-9,11-12,17-18,20-21,26-27,29,44,70H,4-7,10,13-16,19,22-25,28,30-43,45-69H2,1-3H3/b11-8-,12-9-,20-17-,21-18-,29-26-,44-27-. The Kier molecular flexibility index (Phi) is 64.7. The lowest BCUT2D eigenvalue weighted by atomic mass is 10.0. The van der Waals surface area contributed by atoms with E-state index >= 15 is 0 Å². The topological polar surface area (TPSA) is 78.9 Å². The van der Waals surface area contributed by atoms with Crippen LogP contribution in [0, 0.1) is 0 Å². The highest BCUT2D eigenvalue weighted by Crippen LogP contribution is 2.18. The molecule has 0 spiro atoms. The van der Waals surface area contributed by atoms with Crippen LogP contribution in [0.15, 0.2) is 72.9 Å². The monoisotopic (exact) mass is 1100 g/mol. The molecule has 1 atom stereocenters. The predicted octanol–water partition coefficient (Wildman–Crippen LogP) is 23.7. The van der Waals surface area contributed by atoms with Crippen molar-refractivity contribution in [2.75, 3.05) is 13.2 Å². The van der Waals surface area contributed by atoms with Crippen molar-refractivity contribution in [2.24, 2.45) is 0 Å². The molecule has 6 heteroatoms. The van der Waals surface area contributed by atoms with E-state index in [9.17, 15) is 14.4 Å². The van der Waals surface area contributed by atoms with E-state index in [1.54, 1.807) is 0 Å². The van der Waals surface area contributed by atoms with Crippen molar-refractivity contribution in [1.29, 1.82) is 0 Å². The van der Waals surface area contributed by atoms with Crippen molar-refractivity contribution >= 4 is 17.9 Å². The van der Waals surface area contributed by atoms with Crippen molar-refractivity contribution < 1.29 is 28.6 Å². The van der Waals surface area contributed by atoms with Crippen LogP contribution < -0.4 is 0 Å². The summed E-state index contributed by atoms with van der Waals surface area (Å²) in [5.74, 6) is -0.892. The highest BCUT2D eigenvalue weighted by atomic mass is 16.6. The number of rotatable bonds is 63. The molecule has 0 rings (SSSR count). The molecule has 0 heterocycles. The molecule has 0 aliphatic carbocycles. The van der Waals surface area contributed by atoms with Crippen LogP contribution in [0.2, 0.25) is 0 Å².